The highest BCUT2D eigenvalue weighted by atomic mass is 79.9. The normalized spacial score (nSPS) is 13.1. The first-order valence-corrected chi connectivity index (χ1v) is 10.2. The number of benzene rings is 2. The fraction of sp³-hybridized carbons (Fsp3) is 0.273. The van der Waals surface area contributed by atoms with Crippen LogP contribution in [0.2, 0.25) is 0 Å². The van der Waals surface area contributed by atoms with Gasteiger partial charge in [-0.05, 0) is 35.9 Å². The van der Waals surface area contributed by atoms with E-state index in [2.05, 4.69) is 21.0 Å². The van der Waals surface area contributed by atoms with E-state index in [4.69, 9.17) is 9.47 Å². The number of carbonyl (C=O) groups is 1. The van der Waals surface area contributed by atoms with Gasteiger partial charge in [0.15, 0.2) is 11.5 Å². The summed E-state index contributed by atoms with van der Waals surface area (Å²) < 4.78 is 14.2. The number of hydrogen-bond acceptors (Lipinski definition) is 4. The Labute approximate surface area is 178 Å². The average molecular weight is 456 g/mol. The van der Waals surface area contributed by atoms with E-state index in [9.17, 15) is 4.79 Å². The maximum Gasteiger partial charge on any atom is 0.257 e. The summed E-state index contributed by atoms with van der Waals surface area (Å²) in [5.41, 5.74) is 3.08. The predicted molar refractivity (Wildman–Crippen MR) is 114 cm³/mol. The van der Waals surface area contributed by atoms with Crippen LogP contribution < -0.4 is 9.47 Å². The van der Waals surface area contributed by atoms with E-state index in [1.165, 1.54) is 0 Å². The summed E-state index contributed by atoms with van der Waals surface area (Å²) in [6.07, 6.45) is 2.61. The van der Waals surface area contributed by atoms with Crippen molar-refractivity contribution < 1.29 is 14.3 Å². The molecule has 0 aliphatic carbocycles. The maximum atomic E-state index is 13.2. The maximum absolute atomic E-state index is 13.2. The molecule has 150 valence electrons. The molecule has 2 heterocycles. The molecule has 4 rings (SSSR count). The Morgan fingerprint density at radius 1 is 1.14 bits per heavy atom. The average Bonchev–Trinajstić information content (AvgIpc) is 2.95. The largest absolute Gasteiger partial charge is 0.490 e. The van der Waals surface area contributed by atoms with Gasteiger partial charge in [0, 0.05) is 43.3 Å². The van der Waals surface area contributed by atoms with Gasteiger partial charge in [-0.2, -0.15) is 5.10 Å². The minimum Gasteiger partial charge on any atom is -0.490 e. The molecule has 1 aliphatic rings. The predicted octanol–water partition coefficient (Wildman–Crippen LogP) is 4.28. The second-order valence-electron chi connectivity index (χ2n) is 7.06. The molecule has 3 aromatic rings. The summed E-state index contributed by atoms with van der Waals surface area (Å²) in [6, 6.07) is 13.6. The zero-order valence-corrected chi connectivity index (χ0v) is 18.0. The van der Waals surface area contributed by atoms with Crippen LogP contribution in [0.1, 0.15) is 22.3 Å². The fourth-order valence-electron chi connectivity index (χ4n) is 3.31. The smallest absolute Gasteiger partial charge is 0.257 e. The molecule has 0 fully saturated rings. The molecular formula is C22H22BrN3O3. The Bertz CT molecular complexity index is 1030. The van der Waals surface area contributed by atoms with Crippen LogP contribution in [0.15, 0.2) is 53.1 Å². The number of rotatable bonds is 4. The van der Waals surface area contributed by atoms with Gasteiger partial charge >= 0.3 is 0 Å². The molecule has 0 saturated carbocycles. The third-order valence-corrected chi connectivity index (χ3v) is 5.29. The Morgan fingerprint density at radius 2 is 1.86 bits per heavy atom. The molecule has 0 spiro atoms. The van der Waals surface area contributed by atoms with Crippen molar-refractivity contribution in [1.82, 2.24) is 14.7 Å². The third-order valence-electron chi connectivity index (χ3n) is 4.76. The zero-order valence-electron chi connectivity index (χ0n) is 16.4. The molecule has 0 bridgehead atoms. The summed E-state index contributed by atoms with van der Waals surface area (Å²) in [7, 11) is 3.62. The van der Waals surface area contributed by atoms with Crippen LogP contribution in [0.3, 0.4) is 0 Å². The quantitative estimate of drug-likeness (QED) is 0.588. The summed E-state index contributed by atoms with van der Waals surface area (Å²) in [4.78, 5) is 14.9. The van der Waals surface area contributed by atoms with Crippen molar-refractivity contribution in [1.29, 1.82) is 0 Å². The molecule has 6 nitrogen and oxygen atoms in total. The van der Waals surface area contributed by atoms with Crippen LogP contribution in [0.5, 0.6) is 11.5 Å². The van der Waals surface area contributed by atoms with Crippen LogP contribution in [-0.4, -0.2) is 40.8 Å². The monoisotopic (exact) mass is 455 g/mol. The van der Waals surface area contributed by atoms with Gasteiger partial charge in [-0.1, -0.05) is 28.1 Å². The molecule has 2 aromatic carbocycles. The van der Waals surface area contributed by atoms with Crippen molar-refractivity contribution in [3.05, 3.63) is 64.3 Å². The summed E-state index contributed by atoms with van der Waals surface area (Å²) in [5, 5.41) is 4.54. The van der Waals surface area contributed by atoms with Gasteiger partial charge in [0.25, 0.3) is 5.91 Å². The van der Waals surface area contributed by atoms with E-state index >= 15 is 0 Å². The van der Waals surface area contributed by atoms with Crippen molar-refractivity contribution >= 4 is 21.8 Å². The number of nitrogens with zero attached hydrogens (tertiary/aromatic N) is 3. The number of aryl methyl sites for hydroxylation is 1. The number of amides is 1. The Hall–Kier alpha value is -2.80. The van der Waals surface area contributed by atoms with Gasteiger partial charge in [0.1, 0.15) is 5.69 Å². The molecule has 1 aromatic heterocycles. The van der Waals surface area contributed by atoms with Crippen LogP contribution in [0, 0.1) is 0 Å². The van der Waals surface area contributed by atoms with Crippen LogP contribution in [-0.2, 0) is 13.6 Å². The molecule has 1 amide bonds. The number of aromatic nitrogens is 2. The Kier molecular flexibility index (Phi) is 5.58. The molecular weight excluding hydrogens is 434 g/mol. The molecule has 0 radical (unpaired) electrons. The first-order chi connectivity index (χ1) is 14.0. The highest BCUT2D eigenvalue weighted by Crippen LogP contribution is 2.35. The van der Waals surface area contributed by atoms with Crippen LogP contribution >= 0.6 is 15.9 Å². The molecule has 29 heavy (non-hydrogen) atoms. The number of hydrogen-bond donors (Lipinski definition) is 0. The lowest BCUT2D eigenvalue weighted by Gasteiger charge is -2.17. The standard InChI is InChI=1S/C22H22BrN3O3/c1-25(13-15-4-7-17(23)8-5-15)22(27)18-14-26(2)24-21(18)16-6-9-19-20(12-16)29-11-3-10-28-19/h4-9,12,14H,3,10-11,13H2,1-2H3. The second-order valence-corrected chi connectivity index (χ2v) is 7.98. The Balaban J connectivity index is 1.61. The second kappa shape index (κ2) is 8.29. The molecule has 0 saturated heterocycles. The zero-order chi connectivity index (χ0) is 20.4. The lowest BCUT2D eigenvalue weighted by atomic mass is 10.1. The van der Waals surface area contributed by atoms with Crippen molar-refractivity contribution in [2.45, 2.75) is 13.0 Å². The number of ether oxygens (including phenoxy) is 2. The number of fused-ring (bicyclic) bond motifs is 1. The number of halogens is 1. The van der Waals surface area contributed by atoms with E-state index in [0.717, 1.165) is 27.8 Å². The van der Waals surface area contributed by atoms with Gasteiger partial charge < -0.3 is 14.4 Å². The molecule has 0 atom stereocenters. The van der Waals surface area contributed by atoms with E-state index in [1.54, 1.807) is 22.8 Å². The van der Waals surface area contributed by atoms with Gasteiger partial charge in [-0.25, -0.2) is 0 Å². The van der Waals surface area contributed by atoms with Crippen molar-refractivity contribution in [2.24, 2.45) is 7.05 Å². The van der Waals surface area contributed by atoms with Crippen LogP contribution in [0.4, 0.5) is 0 Å². The summed E-state index contributed by atoms with van der Waals surface area (Å²) in [6.45, 7) is 1.77. The van der Waals surface area contributed by atoms with Crippen molar-refractivity contribution in [2.75, 3.05) is 20.3 Å². The van der Waals surface area contributed by atoms with E-state index in [1.807, 2.05) is 49.5 Å². The first kappa shape index (κ1) is 19.5. The minimum absolute atomic E-state index is 0.0804. The molecule has 0 N–H and O–H groups in total. The van der Waals surface area contributed by atoms with Crippen LogP contribution in [0.25, 0.3) is 11.3 Å². The SMILES string of the molecule is CN(Cc1ccc(Br)cc1)C(=O)c1cn(C)nc1-c1ccc2c(c1)OCCCO2. The van der Waals surface area contributed by atoms with Crippen molar-refractivity contribution in [3.8, 4) is 22.8 Å². The lowest BCUT2D eigenvalue weighted by Crippen LogP contribution is -2.26. The van der Waals surface area contributed by atoms with Gasteiger partial charge in [0.05, 0.1) is 18.8 Å². The van der Waals surface area contributed by atoms with E-state index in [0.29, 0.717) is 36.8 Å². The van der Waals surface area contributed by atoms with Gasteiger partial charge in [-0.3, -0.25) is 9.48 Å². The van der Waals surface area contributed by atoms with Crippen molar-refractivity contribution in [3.63, 3.8) is 0 Å². The summed E-state index contributed by atoms with van der Waals surface area (Å²) in [5.74, 6) is 1.33. The third kappa shape index (κ3) is 4.29. The first-order valence-electron chi connectivity index (χ1n) is 9.45. The van der Waals surface area contributed by atoms with Gasteiger partial charge in [-0.15, -0.1) is 0 Å². The fourth-order valence-corrected chi connectivity index (χ4v) is 3.57. The van der Waals surface area contributed by atoms with E-state index < -0.39 is 0 Å². The Morgan fingerprint density at radius 3 is 2.62 bits per heavy atom. The van der Waals surface area contributed by atoms with Gasteiger partial charge in [0.2, 0.25) is 0 Å². The molecule has 7 heteroatoms. The number of carbonyl (C=O) groups excluding carboxylic acids is 1. The minimum atomic E-state index is -0.0804. The highest BCUT2D eigenvalue weighted by Gasteiger charge is 2.22. The topological polar surface area (TPSA) is 56.6 Å². The molecule has 0 unspecified atom stereocenters. The molecule has 1 aliphatic heterocycles. The van der Waals surface area contributed by atoms with E-state index in [-0.39, 0.29) is 5.91 Å². The lowest BCUT2D eigenvalue weighted by molar-refractivity contribution is 0.0785. The summed E-state index contributed by atoms with van der Waals surface area (Å²) >= 11 is 3.44. The highest BCUT2D eigenvalue weighted by molar-refractivity contribution is 9.10.